The van der Waals surface area contributed by atoms with Gasteiger partial charge >= 0.3 is 5.69 Å². The fourth-order valence-corrected chi connectivity index (χ4v) is 2.89. The zero-order valence-corrected chi connectivity index (χ0v) is 14.8. The fraction of sp³-hybridized carbons (Fsp3) is 0.167. The van der Waals surface area contributed by atoms with Crippen LogP contribution in [0.15, 0.2) is 44.4 Å². The first-order chi connectivity index (χ1) is 12.8. The molecule has 0 fully saturated rings. The van der Waals surface area contributed by atoms with Crippen molar-refractivity contribution in [3.8, 4) is 11.9 Å². The quantitative estimate of drug-likeness (QED) is 0.554. The first-order valence-corrected chi connectivity index (χ1v) is 7.87. The minimum Gasteiger partial charge on any atom is -0.494 e. The maximum absolute atomic E-state index is 12.6. The molecule has 0 saturated heterocycles. The van der Waals surface area contributed by atoms with Crippen LogP contribution in [0.2, 0.25) is 0 Å². The number of rotatable bonds is 2. The lowest BCUT2D eigenvalue weighted by Gasteiger charge is -2.10. The summed E-state index contributed by atoms with van der Waals surface area (Å²) in [4.78, 5) is 41.0. The number of aliphatic imine (C=N–C) groups is 1. The van der Waals surface area contributed by atoms with E-state index in [-0.39, 0.29) is 22.5 Å². The highest BCUT2D eigenvalue weighted by atomic mass is 16.3. The third kappa shape index (κ3) is 2.55. The highest BCUT2D eigenvalue weighted by Crippen LogP contribution is 2.34. The number of amides is 1. The summed E-state index contributed by atoms with van der Waals surface area (Å²) in [5.41, 5.74) is -0.699. The van der Waals surface area contributed by atoms with Crippen molar-refractivity contribution in [2.45, 2.75) is 0 Å². The average Bonchev–Trinajstić information content (AvgIpc) is 3.05. The Morgan fingerprint density at radius 2 is 1.81 bits per heavy atom. The molecule has 2 aromatic rings. The summed E-state index contributed by atoms with van der Waals surface area (Å²) < 4.78 is 1.78. The number of carbonyl (C=O) groups excluding carboxylic acids is 1. The summed E-state index contributed by atoms with van der Waals surface area (Å²) in [6.45, 7) is 0. The van der Waals surface area contributed by atoms with Crippen LogP contribution in [-0.4, -0.2) is 32.9 Å². The van der Waals surface area contributed by atoms with Crippen LogP contribution in [0, 0.1) is 11.3 Å². The van der Waals surface area contributed by atoms with Gasteiger partial charge in [0.2, 0.25) is 5.88 Å². The molecule has 1 aromatic heterocycles. The highest BCUT2D eigenvalue weighted by Gasteiger charge is 2.30. The first kappa shape index (κ1) is 17.9. The van der Waals surface area contributed by atoms with Crippen molar-refractivity contribution in [1.82, 2.24) is 14.5 Å². The standard InChI is InChI=1S/C18H15N5O4/c1-20-15(24)11(8-19)13-9-6-4-5-7-10(9)14(21-13)12-16(25)22(2)18(27)23(3)17(12)26/h4-7,25H,1-3H3,(H,20,24)/b13-11-. The second-order valence-electron chi connectivity index (χ2n) is 5.82. The predicted octanol–water partition coefficient (Wildman–Crippen LogP) is -0.379. The Labute approximate surface area is 153 Å². The molecule has 1 aliphatic rings. The van der Waals surface area contributed by atoms with E-state index in [1.807, 2.05) is 6.07 Å². The van der Waals surface area contributed by atoms with Gasteiger partial charge in [-0.1, -0.05) is 24.3 Å². The topological polar surface area (TPSA) is 129 Å². The van der Waals surface area contributed by atoms with Gasteiger partial charge in [-0.25, -0.2) is 9.79 Å². The van der Waals surface area contributed by atoms with E-state index in [0.717, 1.165) is 9.13 Å². The Bertz CT molecular complexity index is 1210. The van der Waals surface area contributed by atoms with Gasteiger partial charge in [-0.15, -0.1) is 0 Å². The number of hydrogen-bond donors (Lipinski definition) is 2. The molecule has 27 heavy (non-hydrogen) atoms. The molecule has 2 heterocycles. The SMILES string of the molecule is CNC(=O)/C(C#N)=C1\N=C(c2c(O)n(C)c(=O)n(C)c2=O)c2ccccc21. The normalized spacial score (nSPS) is 14.2. The van der Waals surface area contributed by atoms with E-state index in [4.69, 9.17) is 0 Å². The fourth-order valence-electron chi connectivity index (χ4n) is 2.89. The number of nitrogens with one attached hydrogen (secondary N) is 1. The number of benzene rings is 1. The van der Waals surface area contributed by atoms with Crippen LogP contribution >= 0.6 is 0 Å². The van der Waals surface area contributed by atoms with Crippen LogP contribution in [0.3, 0.4) is 0 Å². The van der Waals surface area contributed by atoms with Crippen LogP contribution in [0.1, 0.15) is 16.7 Å². The zero-order chi connectivity index (χ0) is 19.9. The molecule has 0 aliphatic carbocycles. The number of nitrogens with zero attached hydrogens (tertiary/aromatic N) is 4. The van der Waals surface area contributed by atoms with Crippen LogP contribution < -0.4 is 16.6 Å². The smallest absolute Gasteiger partial charge is 0.333 e. The van der Waals surface area contributed by atoms with Gasteiger partial charge in [0.15, 0.2) is 0 Å². The van der Waals surface area contributed by atoms with Crippen LogP contribution in [-0.2, 0) is 18.9 Å². The van der Waals surface area contributed by atoms with Crippen molar-refractivity contribution < 1.29 is 9.90 Å². The van der Waals surface area contributed by atoms with E-state index < -0.39 is 23.0 Å². The first-order valence-electron chi connectivity index (χ1n) is 7.87. The molecule has 1 aromatic carbocycles. The Balaban J connectivity index is 2.44. The molecule has 136 valence electrons. The van der Waals surface area contributed by atoms with Crippen LogP contribution in [0.5, 0.6) is 5.88 Å². The van der Waals surface area contributed by atoms with Crippen LogP contribution in [0.25, 0.3) is 5.70 Å². The van der Waals surface area contributed by atoms with Crippen molar-refractivity contribution in [1.29, 1.82) is 5.26 Å². The van der Waals surface area contributed by atoms with Gasteiger partial charge in [0.05, 0.1) is 11.4 Å². The van der Waals surface area contributed by atoms with Crippen molar-refractivity contribution >= 4 is 17.3 Å². The monoisotopic (exact) mass is 365 g/mol. The number of likely N-dealkylation sites (N-methyl/N-ethyl adjacent to an activating group) is 1. The molecule has 0 spiro atoms. The summed E-state index contributed by atoms with van der Waals surface area (Å²) in [6.07, 6.45) is 0. The lowest BCUT2D eigenvalue weighted by molar-refractivity contribution is -0.116. The third-order valence-electron chi connectivity index (χ3n) is 4.33. The van der Waals surface area contributed by atoms with Gasteiger partial charge < -0.3 is 10.4 Å². The Hall–Kier alpha value is -3.93. The number of carbonyl (C=O) groups is 1. The predicted molar refractivity (Wildman–Crippen MR) is 97.3 cm³/mol. The zero-order valence-electron chi connectivity index (χ0n) is 14.8. The molecule has 3 rings (SSSR count). The van der Waals surface area contributed by atoms with Gasteiger partial charge in [0, 0.05) is 32.3 Å². The van der Waals surface area contributed by atoms with E-state index in [9.17, 15) is 24.8 Å². The second-order valence-corrected chi connectivity index (χ2v) is 5.82. The molecular weight excluding hydrogens is 350 g/mol. The molecule has 0 atom stereocenters. The molecule has 0 saturated carbocycles. The minimum atomic E-state index is -0.733. The molecule has 2 N–H and O–H groups in total. The highest BCUT2D eigenvalue weighted by molar-refractivity contribution is 6.23. The molecule has 1 aliphatic heterocycles. The van der Waals surface area contributed by atoms with Crippen molar-refractivity contribution in [3.63, 3.8) is 0 Å². The molecular formula is C18H15N5O4. The van der Waals surface area contributed by atoms with Gasteiger partial charge in [0.25, 0.3) is 11.5 Å². The third-order valence-corrected chi connectivity index (χ3v) is 4.33. The molecule has 9 nitrogen and oxygen atoms in total. The summed E-state index contributed by atoms with van der Waals surface area (Å²) in [5.74, 6) is -1.17. The van der Waals surface area contributed by atoms with E-state index in [1.54, 1.807) is 24.3 Å². The van der Waals surface area contributed by atoms with Gasteiger partial charge in [-0.05, 0) is 0 Å². The Kier molecular flexibility index (Phi) is 4.25. The number of fused-ring (bicyclic) bond motifs is 1. The number of aromatic hydroxyl groups is 1. The number of aromatic nitrogens is 2. The summed E-state index contributed by atoms with van der Waals surface area (Å²) in [5, 5.41) is 22.2. The van der Waals surface area contributed by atoms with Gasteiger partial charge in [0.1, 0.15) is 17.2 Å². The lowest BCUT2D eigenvalue weighted by Crippen LogP contribution is -2.40. The maximum atomic E-state index is 12.6. The number of nitriles is 1. The summed E-state index contributed by atoms with van der Waals surface area (Å²) >= 11 is 0. The van der Waals surface area contributed by atoms with E-state index >= 15 is 0 Å². The molecule has 0 radical (unpaired) electrons. The van der Waals surface area contributed by atoms with E-state index in [0.29, 0.717) is 11.1 Å². The largest absolute Gasteiger partial charge is 0.494 e. The Morgan fingerprint density at radius 3 is 2.41 bits per heavy atom. The Morgan fingerprint density at radius 1 is 1.19 bits per heavy atom. The lowest BCUT2D eigenvalue weighted by atomic mass is 9.99. The minimum absolute atomic E-state index is 0.0888. The maximum Gasteiger partial charge on any atom is 0.333 e. The second kappa shape index (κ2) is 6.42. The number of hydrogen-bond acceptors (Lipinski definition) is 6. The van der Waals surface area contributed by atoms with E-state index in [2.05, 4.69) is 10.3 Å². The van der Waals surface area contributed by atoms with Gasteiger partial charge in [-0.2, -0.15) is 5.26 Å². The molecule has 0 unspecified atom stereocenters. The van der Waals surface area contributed by atoms with Crippen molar-refractivity contribution in [3.05, 3.63) is 67.4 Å². The van der Waals surface area contributed by atoms with Crippen molar-refractivity contribution in [2.24, 2.45) is 19.1 Å². The summed E-state index contributed by atoms with van der Waals surface area (Å²) in [7, 11) is 4.00. The van der Waals surface area contributed by atoms with Crippen LogP contribution in [0.4, 0.5) is 0 Å². The van der Waals surface area contributed by atoms with Gasteiger partial charge in [-0.3, -0.25) is 18.7 Å². The van der Waals surface area contributed by atoms with Crippen molar-refractivity contribution in [2.75, 3.05) is 7.05 Å². The molecule has 0 bridgehead atoms. The summed E-state index contributed by atoms with van der Waals surface area (Å²) in [6, 6.07) is 8.55. The van der Waals surface area contributed by atoms with E-state index in [1.165, 1.54) is 21.1 Å². The molecule has 1 amide bonds. The molecule has 9 heteroatoms. The average molecular weight is 365 g/mol.